The molecule has 4 rings (SSSR count). The molecule has 3 aliphatic rings. The van der Waals surface area contributed by atoms with Gasteiger partial charge in [-0.15, -0.1) is 24.8 Å². The van der Waals surface area contributed by atoms with E-state index < -0.39 is 0 Å². The van der Waals surface area contributed by atoms with Gasteiger partial charge in [-0.3, -0.25) is 4.79 Å². The maximum absolute atomic E-state index is 12.5. The second-order valence-electron chi connectivity index (χ2n) is 8.35. The first-order valence-electron chi connectivity index (χ1n) is 9.85. The molecule has 5 nitrogen and oxygen atoms in total. The zero-order valence-electron chi connectivity index (χ0n) is 16.0. The lowest BCUT2D eigenvalue weighted by molar-refractivity contribution is -0.127. The number of fused-ring (bicyclic) bond motifs is 2. The number of halogens is 2. The number of nitrogens with two attached hydrogens (primary N) is 1. The summed E-state index contributed by atoms with van der Waals surface area (Å²) in [5.74, 6) is 3.09. The van der Waals surface area contributed by atoms with E-state index in [4.69, 9.17) is 5.73 Å². The highest BCUT2D eigenvalue weighted by Crippen LogP contribution is 2.47. The number of piperidine rings is 1. The summed E-state index contributed by atoms with van der Waals surface area (Å²) in [6, 6.07) is 4.23. The molecule has 3 N–H and O–H groups in total. The minimum Gasteiger partial charge on any atom is -0.357 e. The van der Waals surface area contributed by atoms with Gasteiger partial charge in [-0.05, 0) is 61.5 Å². The molecule has 27 heavy (non-hydrogen) atoms. The van der Waals surface area contributed by atoms with Gasteiger partial charge in [0.1, 0.15) is 5.82 Å². The van der Waals surface area contributed by atoms with Gasteiger partial charge in [-0.25, -0.2) is 4.98 Å². The smallest absolute Gasteiger partial charge is 0.225 e. The number of pyridine rings is 1. The lowest BCUT2D eigenvalue weighted by Gasteiger charge is -2.31. The van der Waals surface area contributed by atoms with E-state index in [1.807, 2.05) is 6.20 Å². The fourth-order valence-corrected chi connectivity index (χ4v) is 4.98. The van der Waals surface area contributed by atoms with E-state index in [0.717, 1.165) is 36.8 Å². The number of carbonyl (C=O) groups excluding carboxylic acids is 1. The van der Waals surface area contributed by atoms with Crippen molar-refractivity contribution in [3.8, 4) is 0 Å². The maximum atomic E-state index is 12.5. The molecule has 4 unspecified atom stereocenters. The zero-order valence-corrected chi connectivity index (χ0v) is 17.6. The summed E-state index contributed by atoms with van der Waals surface area (Å²) in [6.45, 7) is 5.04. The number of nitrogens with one attached hydrogen (secondary N) is 1. The molecule has 1 saturated heterocycles. The summed E-state index contributed by atoms with van der Waals surface area (Å²) >= 11 is 0. The zero-order chi connectivity index (χ0) is 17.4. The third kappa shape index (κ3) is 4.69. The molecule has 4 atom stereocenters. The van der Waals surface area contributed by atoms with Crippen molar-refractivity contribution in [1.29, 1.82) is 0 Å². The molecule has 2 aliphatic carbocycles. The topological polar surface area (TPSA) is 71.2 Å². The van der Waals surface area contributed by atoms with Gasteiger partial charge >= 0.3 is 0 Å². The van der Waals surface area contributed by atoms with Crippen LogP contribution in [0.5, 0.6) is 0 Å². The molecule has 0 aromatic carbocycles. The second kappa shape index (κ2) is 9.44. The Bertz CT molecular complexity index is 617. The molecule has 2 bridgehead atoms. The lowest BCUT2D eigenvalue weighted by atomic mass is 9.84. The van der Waals surface area contributed by atoms with E-state index in [1.165, 1.54) is 25.7 Å². The number of anilines is 1. The van der Waals surface area contributed by atoms with E-state index in [0.29, 0.717) is 18.4 Å². The number of aromatic nitrogens is 1. The molecule has 3 fully saturated rings. The molecule has 0 spiro atoms. The lowest BCUT2D eigenvalue weighted by Crippen LogP contribution is -2.45. The van der Waals surface area contributed by atoms with Crippen LogP contribution in [0.2, 0.25) is 0 Å². The van der Waals surface area contributed by atoms with Crippen molar-refractivity contribution in [3.63, 3.8) is 0 Å². The third-order valence-corrected chi connectivity index (χ3v) is 6.67. The van der Waals surface area contributed by atoms with Gasteiger partial charge in [-0.2, -0.15) is 0 Å². The summed E-state index contributed by atoms with van der Waals surface area (Å²) in [7, 11) is 0. The minimum absolute atomic E-state index is 0. The van der Waals surface area contributed by atoms with Gasteiger partial charge in [0, 0.05) is 31.9 Å². The molecule has 1 aromatic heterocycles. The van der Waals surface area contributed by atoms with Crippen LogP contribution in [0.1, 0.15) is 44.6 Å². The molecule has 0 radical (unpaired) electrons. The van der Waals surface area contributed by atoms with E-state index in [9.17, 15) is 4.79 Å². The van der Waals surface area contributed by atoms with Crippen LogP contribution < -0.4 is 16.0 Å². The van der Waals surface area contributed by atoms with Crippen LogP contribution in [0.3, 0.4) is 0 Å². The van der Waals surface area contributed by atoms with Crippen molar-refractivity contribution in [2.75, 3.05) is 18.0 Å². The van der Waals surface area contributed by atoms with Gasteiger partial charge in [0.15, 0.2) is 0 Å². The van der Waals surface area contributed by atoms with Crippen molar-refractivity contribution < 1.29 is 4.79 Å². The first-order chi connectivity index (χ1) is 12.1. The van der Waals surface area contributed by atoms with Gasteiger partial charge in [0.25, 0.3) is 0 Å². The van der Waals surface area contributed by atoms with Crippen LogP contribution in [-0.4, -0.2) is 30.0 Å². The number of hydrogen-bond donors (Lipinski definition) is 2. The Labute approximate surface area is 174 Å². The third-order valence-electron chi connectivity index (χ3n) is 6.67. The SMILES string of the molecule is CC1CCN(c2ccc(CNC(=O)C3C4CCC(C4)C3N)cn2)CC1.Cl.Cl. The Morgan fingerprint density at radius 1 is 1.19 bits per heavy atom. The predicted octanol–water partition coefficient (Wildman–Crippen LogP) is 3.15. The number of hydrogen-bond acceptors (Lipinski definition) is 4. The first-order valence-corrected chi connectivity index (χ1v) is 9.85. The van der Waals surface area contributed by atoms with E-state index in [1.54, 1.807) is 0 Å². The monoisotopic (exact) mass is 414 g/mol. The molecule has 1 amide bonds. The van der Waals surface area contributed by atoms with Crippen molar-refractivity contribution in [2.45, 2.75) is 51.6 Å². The first kappa shape index (κ1) is 22.3. The average Bonchev–Trinajstić information content (AvgIpc) is 3.22. The highest BCUT2D eigenvalue weighted by atomic mass is 35.5. The highest BCUT2D eigenvalue weighted by Gasteiger charge is 2.48. The Morgan fingerprint density at radius 2 is 1.89 bits per heavy atom. The normalized spacial score (nSPS) is 29.8. The van der Waals surface area contributed by atoms with Crippen LogP contribution in [0, 0.1) is 23.7 Å². The average molecular weight is 415 g/mol. The molecule has 1 aliphatic heterocycles. The molecular weight excluding hydrogens is 383 g/mol. The Kier molecular flexibility index (Phi) is 7.78. The van der Waals surface area contributed by atoms with Crippen LogP contribution >= 0.6 is 24.8 Å². The predicted molar refractivity (Wildman–Crippen MR) is 113 cm³/mol. The Balaban J connectivity index is 0.00000131. The molecule has 2 saturated carbocycles. The highest BCUT2D eigenvalue weighted by molar-refractivity contribution is 5.85. The molecule has 2 heterocycles. The second-order valence-corrected chi connectivity index (χ2v) is 8.35. The summed E-state index contributed by atoms with van der Waals surface area (Å²) in [5, 5.41) is 3.09. The van der Waals surface area contributed by atoms with Crippen LogP contribution in [0.4, 0.5) is 5.82 Å². The van der Waals surface area contributed by atoms with Crippen LogP contribution in [-0.2, 0) is 11.3 Å². The number of rotatable bonds is 4. The van der Waals surface area contributed by atoms with E-state index >= 15 is 0 Å². The quantitative estimate of drug-likeness (QED) is 0.793. The van der Waals surface area contributed by atoms with Crippen LogP contribution in [0.25, 0.3) is 0 Å². The van der Waals surface area contributed by atoms with Gasteiger partial charge < -0.3 is 16.0 Å². The van der Waals surface area contributed by atoms with Crippen LogP contribution in [0.15, 0.2) is 18.3 Å². The minimum atomic E-state index is 0. The van der Waals surface area contributed by atoms with Gasteiger partial charge in [-0.1, -0.05) is 13.0 Å². The Morgan fingerprint density at radius 3 is 2.48 bits per heavy atom. The van der Waals surface area contributed by atoms with Crippen molar-refractivity contribution in [3.05, 3.63) is 23.9 Å². The number of carbonyl (C=O) groups is 1. The molecular formula is C20H32Cl2N4O. The summed E-state index contributed by atoms with van der Waals surface area (Å²) < 4.78 is 0. The van der Waals surface area contributed by atoms with Gasteiger partial charge in [0.05, 0.1) is 5.92 Å². The van der Waals surface area contributed by atoms with E-state index in [2.05, 4.69) is 34.3 Å². The standard InChI is InChI=1S/C20H30N4O.2ClH/c1-13-6-8-24(9-7-13)17-5-2-14(11-22-17)12-23-20(25)18-15-3-4-16(10-15)19(18)21;;/h2,5,11,13,15-16,18-19H,3-4,6-10,12,21H2,1H3,(H,23,25);2*1H. The number of nitrogens with zero attached hydrogens (tertiary/aromatic N) is 2. The number of amides is 1. The fourth-order valence-electron chi connectivity index (χ4n) is 4.98. The van der Waals surface area contributed by atoms with E-state index in [-0.39, 0.29) is 42.7 Å². The van der Waals surface area contributed by atoms with Crippen molar-refractivity contribution in [2.24, 2.45) is 29.4 Å². The van der Waals surface area contributed by atoms with Crippen molar-refractivity contribution >= 4 is 36.5 Å². The molecule has 152 valence electrons. The molecule has 7 heteroatoms. The largest absolute Gasteiger partial charge is 0.357 e. The maximum Gasteiger partial charge on any atom is 0.225 e. The van der Waals surface area contributed by atoms with Gasteiger partial charge in [0.2, 0.25) is 5.91 Å². The summed E-state index contributed by atoms with van der Waals surface area (Å²) in [4.78, 5) is 19.5. The Hall–Kier alpha value is -1.04. The summed E-state index contributed by atoms with van der Waals surface area (Å²) in [6.07, 6.45) is 7.89. The fraction of sp³-hybridized carbons (Fsp3) is 0.700. The summed E-state index contributed by atoms with van der Waals surface area (Å²) in [5.41, 5.74) is 7.32. The molecule has 1 aromatic rings. The van der Waals surface area contributed by atoms with Crippen molar-refractivity contribution in [1.82, 2.24) is 10.3 Å².